The van der Waals surface area contributed by atoms with E-state index in [0.717, 1.165) is 0 Å². The molecule has 0 radical (unpaired) electrons. The predicted octanol–water partition coefficient (Wildman–Crippen LogP) is 3.05. The monoisotopic (exact) mass is 266 g/mol. The van der Waals surface area contributed by atoms with Crippen molar-refractivity contribution in [2.45, 2.75) is 6.92 Å². The molecule has 0 saturated heterocycles. The highest BCUT2D eigenvalue weighted by Gasteiger charge is 2.25. The molecule has 98 valence electrons. The summed E-state index contributed by atoms with van der Waals surface area (Å²) in [5.41, 5.74) is -0.373. The van der Waals surface area contributed by atoms with Gasteiger partial charge >= 0.3 is 0 Å². The number of hydrogen-bond acceptors (Lipinski definition) is 2. The van der Waals surface area contributed by atoms with Crippen molar-refractivity contribution in [3.8, 4) is 0 Å². The fourth-order valence-corrected chi connectivity index (χ4v) is 1.76. The number of halogens is 3. The number of hydrogen-bond donors (Lipinski definition) is 0. The zero-order valence-corrected chi connectivity index (χ0v) is 9.97. The van der Waals surface area contributed by atoms with Gasteiger partial charge in [-0.1, -0.05) is 24.3 Å². The molecular weight excluding hydrogens is 257 g/mol. The van der Waals surface area contributed by atoms with Crippen LogP contribution in [0.15, 0.2) is 29.1 Å². The van der Waals surface area contributed by atoms with Gasteiger partial charge in [0.15, 0.2) is 22.8 Å². The molecule has 2 nitrogen and oxygen atoms in total. The van der Waals surface area contributed by atoms with Crippen molar-refractivity contribution in [1.29, 1.82) is 0 Å². The molecule has 19 heavy (non-hydrogen) atoms. The minimum Gasteiger partial charge on any atom is -0.297 e. The van der Waals surface area contributed by atoms with Crippen LogP contribution in [0.3, 0.4) is 0 Å². The molecule has 0 saturated carbocycles. The van der Waals surface area contributed by atoms with Gasteiger partial charge in [-0.25, -0.2) is 13.2 Å². The number of rotatable bonds is 1. The van der Waals surface area contributed by atoms with Crippen LogP contribution >= 0.6 is 0 Å². The summed E-state index contributed by atoms with van der Waals surface area (Å²) in [5.74, 6) is -2.35. The van der Waals surface area contributed by atoms with Crippen molar-refractivity contribution in [3.63, 3.8) is 0 Å². The third-order valence-corrected chi connectivity index (χ3v) is 2.67. The Morgan fingerprint density at radius 2 is 1.58 bits per heavy atom. The van der Waals surface area contributed by atoms with E-state index in [1.165, 1.54) is 13.0 Å². The van der Waals surface area contributed by atoms with E-state index in [4.69, 9.17) is 0 Å². The molecule has 0 bridgehead atoms. The number of alkyl halides is 1. The van der Waals surface area contributed by atoms with Gasteiger partial charge in [0, 0.05) is 10.8 Å². The van der Waals surface area contributed by atoms with Crippen LogP contribution in [0.4, 0.5) is 13.2 Å². The topological polar surface area (TPSA) is 34.1 Å². The molecule has 0 heterocycles. The Morgan fingerprint density at radius 3 is 2.11 bits per heavy atom. The van der Waals surface area contributed by atoms with E-state index in [2.05, 4.69) is 0 Å². The molecule has 0 unspecified atom stereocenters. The van der Waals surface area contributed by atoms with Crippen molar-refractivity contribution in [2.75, 3.05) is 6.67 Å². The van der Waals surface area contributed by atoms with Gasteiger partial charge < -0.3 is 0 Å². The summed E-state index contributed by atoms with van der Waals surface area (Å²) in [5, 5.41) is 0.932. The van der Waals surface area contributed by atoms with Gasteiger partial charge in [0.25, 0.3) is 0 Å². The van der Waals surface area contributed by atoms with E-state index >= 15 is 0 Å². The zero-order valence-electron chi connectivity index (χ0n) is 9.97. The first-order chi connectivity index (χ1) is 8.99. The van der Waals surface area contributed by atoms with Crippen LogP contribution in [0.1, 0.15) is 6.92 Å². The molecule has 3 aromatic carbocycles. The van der Waals surface area contributed by atoms with E-state index in [0.29, 0.717) is 10.8 Å². The lowest BCUT2D eigenvalue weighted by molar-refractivity contribution is -0.117. The maximum Gasteiger partial charge on any atom is 0.198 e. The maximum absolute atomic E-state index is 13.3. The summed E-state index contributed by atoms with van der Waals surface area (Å²) in [4.78, 5) is 20.6. The average molecular weight is 266 g/mol. The molecule has 0 atom stereocenters. The second-order valence-corrected chi connectivity index (χ2v) is 4.09. The van der Waals surface area contributed by atoms with Crippen LogP contribution in [0.25, 0.3) is 21.5 Å². The Bertz CT molecular complexity index is 783. The summed E-state index contributed by atoms with van der Waals surface area (Å²) in [6.07, 6.45) is 0. The molecule has 3 rings (SSSR count). The van der Waals surface area contributed by atoms with Gasteiger partial charge in [-0.2, -0.15) is 0 Å². The van der Waals surface area contributed by atoms with Crippen molar-refractivity contribution in [3.05, 3.63) is 46.1 Å². The largest absolute Gasteiger partial charge is 0.297 e. The number of ketones is 1. The van der Waals surface area contributed by atoms with Crippen molar-refractivity contribution < 1.29 is 18.0 Å². The number of benzene rings is 2. The van der Waals surface area contributed by atoms with Crippen LogP contribution in [0, 0.1) is 11.6 Å². The highest BCUT2D eigenvalue weighted by atomic mass is 19.2. The Hall–Kier alpha value is -2.17. The summed E-state index contributed by atoms with van der Waals surface area (Å²) in [6.45, 7) is 0.375. The smallest absolute Gasteiger partial charge is 0.198 e. The normalized spacial score (nSPS) is 10.7. The third-order valence-electron chi connectivity index (χ3n) is 2.67. The SMILES string of the molecule is CC(=O)CF.O=c1c2c(F)c(F)c3ccccc3c12. The Kier molecular flexibility index (Phi) is 3.38. The first-order valence-electron chi connectivity index (χ1n) is 5.48. The molecule has 0 N–H and O–H groups in total. The third kappa shape index (κ3) is 2.23. The van der Waals surface area contributed by atoms with Crippen molar-refractivity contribution in [1.82, 2.24) is 0 Å². The molecule has 0 aliphatic rings. The highest BCUT2D eigenvalue weighted by Crippen LogP contribution is 2.31. The first-order valence-corrected chi connectivity index (χ1v) is 5.48. The molecule has 0 aliphatic carbocycles. The summed E-state index contributed by atoms with van der Waals surface area (Å²) >= 11 is 0. The molecule has 5 heteroatoms. The lowest BCUT2D eigenvalue weighted by atomic mass is 10.1. The second-order valence-electron chi connectivity index (χ2n) is 4.09. The molecule has 0 aromatic heterocycles. The van der Waals surface area contributed by atoms with Crippen LogP contribution in [-0.4, -0.2) is 12.5 Å². The van der Waals surface area contributed by atoms with E-state index < -0.39 is 24.1 Å². The lowest BCUT2D eigenvalue weighted by Gasteiger charge is -1.96. The van der Waals surface area contributed by atoms with Crippen molar-refractivity contribution in [2.24, 2.45) is 0 Å². The number of Topliss-reactive ketones (excluding diaryl/α,β-unsaturated/α-hetero) is 1. The highest BCUT2D eigenvalue weighted by molar-refractivity contribution is 6.16. The minimum absolute atomic E-state index is 0.0822. The number of carbonyl (C=O) groups is 1. The standard InChI is InChI=1S/C11H4F2O.C3H5FO/c12-9-6-4-2-1-3-5(6)7-8(10(9)13)11(7)14;1-3(5)2-4/h1-4H;2H2,1H3. The van der Waals surface area contributed by atoms with E-state index in [9.17, 15) is 22.8 Å². The fourth-order valence-electron chi connectivity index (χ4n) is 1.76. The fraction of sp³-hybridized carbons (Fsp3) is 0.143. The first kappa shape index (κ1) is 13.3. The quantitative estimate of drug-likeness (QED) is 0.678. The minimum atomic E-state index is -1.01. The molecule has 3 aromatic rings. The predicted molar refractivity (Wildman–Crippen MR) is 66.7 cm³/mol. The van der Waals surface area contributed by atoms with E-state index in [1.807, 2.05) is 0 Å². The van der Waals surface area contributed by atoms with Crippen LogP contribution in [0.2, 0.25) is 0 Å². The Labute approximate surface area is 106 Å². The van der Waals surface area contributed by atoms with Gasteiger partial charge in [0.1, 0.15) is 6.67 Å². The van der Waals surface area contributed by atoms with Crippen molar-refractivity contribution >= 4 is 27.3 Å². The summed E-state index contributed by atoms with van der Waals surface area (Å²) < 4.78 is 37.3. The molecular formula is C14H9F3O2. The van der Waals surface area contributed by atoms with Crippen LogP contribution < -0.4 is 5.43 Å². The molecule has 0 aliphatic heterocycles. The van der Waals surface area contributed by atoms with Gasteiger partial charge in [-0.3, -0.25) is 9.59 Å². The Morgan fingerprint density at radius 1 is 1.05 bits per heavy atom. The molecule has 0 amide bonds. The summed E-state index contributed by atoms with van der Waals surface area (Å²) in [7, 11) is 0. The lowest BCUT2D eigenvalue weighted by Crippen LogP contribution is -1.87. The second kappa shape index (κ2) is 4.84. The van der Waals surface area contributed by atoms with Gasteiger partial charge in [-0.15, -0.1) is 0 Å². The van der Waals surface area contributed by atoms with Gasteiger partial charge in [-0.05, 0) is 12.3 Å². The van der Waals surface area contributed by atoms with Crippen LogP contribution in [0.5, 0.6) is 0 Å². The number of fused-ring (bicyclic) bond motifs is 3. The van der Waals surface area contributed by atoms with Gasteiger partial charge in [0.2, 0.25) is 0 Å². The zero-order chi connectivity index (χ0) is 14.2. The maximum atomic E-state index is 13.3. The van der Waals surface area contributed by atoms with E-state index in [1.54, 1.807) is 18.2 Å². The number of carbonyl (C=O) groups excluding carboxylic acids is 1. The van der Waals surface area contributed by atoms with Crippen LogP contribution in [-0.2, 0) is 4.79 Å². The average Bonchev–Trinajstić information content (AvgIpc) is 3.08. The Balaban J connectivity index is 0.000000232. The van der Waals surface area contributed by atoms with Gasteiger partial charge in [0.05, 0.1) is 5.39 Å². The molecule has 0 fully saturated rings. The summed E-state index contributed by atoms with van der Waals surface area (Å²) in [6, 6.07) is 6.41. The van der Waals surface area contributed by atoms with E-state index in [-0.39, 0.29) is 16.2 Å². The molecule has 0 spiro atoms.